The summed E-state index contributed by atoms with van der Waals surface area (Å²) in [6, 6.07) is 20.6. The van der Waals surface area contributed by atoms with Crippen LogP contribution < -0.4 is 4.74 Å². The first-order valence-electron chi connectivity index (χ1n) is 7.55. The molecule has 0 amide bonds. The topological polar surface area (TPSA) is 43.4 Å². The van der Waals surface area contributed by atoms with Gasteiger partial charge in [-0.05, 0) is 23.3 Å². The predicted molar refractivity (Wildman–Crippen MR) is 87.5 cm³/mol. The van der Waals surface area contributed by atoms with Crippen LogP contribution in [-0.4, -0.2) is 11.8 Å². The molecule has 3 heteroatoms. The third-order valence-electron chi connectivity index (χ3n) is 4.28. The van der Waals surface area contributed by atoms with Gasteiger partial charge < -0.3 is 4.74 Å². The molecule has 0 N–H and O–H groups in total. The molecule has 0 saturated carbocycles. The van der Waals surface area contributed by atoms with Crippen LogP contribution >= 0.6 is 0 Å². The first kappa shape index (κ1) is 13.7. The summed E-state index contributed by atoms with van der Waals surface area (Å²) in [4.78, 5) is 24.9. The summed E-state index contributed by atoms with van der Waals surface area (Å²) >= 11 is 0. The number of fused-ring (bicyclic) bond motifs is 3. The minimum absolute atomic E-state index is 0.186. The van der Waals surface area contributed by atoms with Crippen LogP contribution in [0.25, 0.3) is 10.8 Å². The molecule has 0 saturated heterocycles. The average molecular weight is 302 g/mol. The molecular formula is C20H14O3. The number of rotatable bonds is 2. The summed E-state index contributed by atoms with van der Waals surface area (Å²) in [7, 11) is 0. The van der Waals surface area contributed by atoms with Gasteiger partial charge in [0.1, 0.15) is 11.7 Å². The summed E-state index contributed by atoms with van der Waals surface area (Å²) < 4.78 is 5.44. The molecular weight excluding hydrogens is 288 g/mol. The molecule has 0 aliphatic carbocycles. The van der Waals surface area contributed by atoms with E-state index in [-0.39, 0.29) is 5.78 Å². The molecule has 0 bridgehead atoms. The van der Waals surface area contributed by atoms with Crippen LogP contribution in [0.15, 0.2) is 66.7 Å². The minimum Gasteiger partial charge on any atom is -0.426 e. The molecule has 1 aliphatic rings. The van der Waals surface area contributed by atoms with Gasteiger partial charge in [0.15, 0.2) is 5.78 Å². The molecule has 1 heterocycles. The number of ketones is 1. The van der Waals surface area contributed by atoms with Crippen LogP contribution in [0.3, 0.4) is 0 Å². The molecule has 3 aromatic carbocycles. The Labute approximate surface area is 133 Å². The summed E-state index contributed by atoms with van der Waals surface area (Å²) in [5, 5.41) is 2.11. The van der Waals surface area contributed by atoms with E-state index in [0.29, 0.717) is 17.7 Å². The van der Waals surface area contributed by atoms with Crippen molar-refractivity contribution in [2.45, 2.75) is 6.42 Å². The normalized spacial score (nSPS) is 16.7. The van der Waals surface area contributed by atoms with Gasteiger partial charge in [0.25, 0.3) is 0 Å². The largest absolute Gasteiger partial charge is 0.426 e. The van der Waals surface area contributed by atoms with Crippen molar-refractivity contribution in [3.63, 3.8) is 0 Å². The summed E-state index contributed by atoms with van der Waals surface area (Å²) in [5.74, 6) is -0.877. The molecule has 0 radical (unpaired) electrons. The Kier molecular flexibility index (Phi) is 3.19. The second-order valence-corrected chi connectivity index (χ2v) is 5.67. The van der Waals surface area contributed by atoms with Gasteiger partial charge in [-0.25, -0.2) is 0 Å². The zero-order valence-corrected chi connectivity index (χ0v) is 12.4. The Morgan fingerprint density at radius 2 is 1.65 bits per heavy atom. The number of carbonyl (C=O) groups excluding carboxylic acids is 2. The third kappa shape index (κ3) is 2.30. The van der Waals surface area contributed by atoms with E-state index in [0.717, 1.165) is 16.3 Å². The fourth-order valence-corrected chi connectivity index (χ4v) is 3.09. The van der Waals surface area contributed by atoms with Crippen LogP contribution in [0, 0.1) is 5.92 Å². The highest BCUT2D eigenvalue weighted by Gasteiger charge is 2.35. The molecule has 0 unspecified atom stereocenters. The molecule has 1 atom stereocenters. The van der Waals surface area contributed by atoms with Gasteiger partial charge in [-0.15, -0.1) is 0 Å². The standard InChI is InChI=1S/C20H14O3/c21-19(14-7-2-1-3-8-14)17-12-16-15-9-5-4-6-13(15)10-11-18(16)23-20(17)22/h1-11,17H,12H2/t17-/m0/s1. The molecule has 0 aromatic heterocycles. The first-order valence-corrected chi connectivity index (χ1v) is 7.55. The quantitative estimate of drug-likeness (QED) is 0.313. The molecule has 23 heavy (non-hydrogen) atoms. The minimum atomic E-state index is -0.782. The van der Waals surface area contributed by atoms with Gasteiger partial charge >= 0.3 is 5.97 Å². The van der Waals surface area contributed by atoms with Crippen molar-refractivity contribution >= 4 is 22.5 Å². The van der Waals surface area contributed by atoms with Crippen molar-refractivity contribution in [2.24, 2.45) is 5.92 Å². The Bertz CT molecular complexity index is 913. The zero-order valence-electron chi connectivity index (χ0n) is 12.4. The van der Waals surface area contributed by atoms with Crippen LogP contribution in [0.4, 0.5) is 0 Å². The molecule has 112 valence electrons. The van der Waals surface area contributed by atoms with Crippen molar-refractivity contribution in [2.75, 3.05) is 0 Å². The SMILES string of the molecule is O=C1Oc2ccc3ccccc3c2C[C@H]1C(=O)c1ccccc1. The molecule has 0 fully saturated rings. The summed E-state index contributed by atoms with van der Waals surface area (Å²) in [5.41, 5.74) is 1.47. The van der Waals surface area contributed by atoms with Crippen LogP contribution in [0.2, 0.25) is 0 Å². The van der Waals surface area contributed by atoms with Crippen LogP contribution in [0.5, 0.6) is 5.75 Å². The zero-order chi connectivity index (χ0) is 15.8. The van der Waals surface area contributed by atoms with Crippen LogP contribution in [-0.2, 0) is 11.2 Å². The maximum atomic E-state index is 12.7. The molecule has 3 nitrogen and oxygen atoms in total. The second kappa shape index (κ2) is 5.36. The van der Waals surface area contributed by atoms with Crippen molar-refractivity contribution in [3.05, 3.63) is 77.9 Å². The maximum absolute atomic E-state index is 12.7. The van der Waals surface area contributed by atoms with E-state index in [9.17, 15) is 9.59 Å². The second-order valence-electron chi connectivity index (χ2n) is 5.67. The van der Waals surface area contributed by atoms with Gasteiger partial charge in [-0.2, -0.15) is 0 Å². The van der Waals surface area contributed by atoms with Crippen molar-refractivity contribution in [1.82, 2.24) is 0 Å². The Morgan fingerprint density at radius 3 is 2.48 bits per heavy atom. The molecule has 0 spiro atoms. The maximum Gasteiger partial charge on any atom is 0.322 e. The van der Waals surface area contributed by atoms with Gasteiger partial charge in [0.05, 0.1) is 0 Å². The van der Waals surface area contributed by atoms with E-state index >= 15 is 0 Å². The van der Waals surface area contributed by atoms with Crippen molar-refractivity contribution in [3.8, 4) is 5.75 Å². The summed E-state index contributed by atoms with van der Waals surface area (Å²) in [6.07, 6.45) is 0.378. The van der Waals surface area contributed by atoms with E-state index in [2.05, 4.69) is 0 Å². The number of hydrogen-bond acceptors (Lipinski definition) is 3. The third-order valence-corrected chi connectivity index (χ3v) is 4.28. The van der Waals surface area contributed by atoms with Crippen molar-refractivity contribution in [1.29, 1.82) is 0 Å². The monoisotopic (exact) mass is 302 g/mol. The highest BCUT2D eigenvalue weighted by atomic mass is 16.5. The number of hydrogen-bond donors (Lipinski definition) is 0. The summed E-state index contributed by atoms with van der Waals surface area (Å²) in [6.45, 7) is 0. The lowest BCUT2D eigenvalue weighted by Crippen LogP contribution is -2.34. The molecule has 1 aliphatic heterocycles. The molecule has 3 aromatic rings. The number of benzene rings is 3. The van der Waals surface area contributed by atoms with Gasteiger partial charge in [0.2, 0.25) is 0 Å². The predicted octanol–water partition coefficient (Wildman–Crippen LogP) is 3.80. The lowest BCUT2D eigenvalue weighted by Gasteiger charge is -2.23. The van der Waals surface area contributed by atoms with E-state index < -0.39 is 11.9 Å². The smallest absolute Gasteiger partial charge is 0.322 e. The number of Topliss-reactive ketones (excluding diaryl/α,β-unsaturated/α-hetero) is 1. The van der Waals surface area contributed by atoms with Gasteiger partial charge in [0, 0.05) is 11.1 Å². The van der Waals surface area contributed by atoms with Crippen molar-refractivity contribution < 1.29 is 14.3 Å². The lowest BCUT2D eigenvalue weighted by atomic mass is 9.87. The Hall–Kier alpha value is -2.94. The van der Waals surface area contributed by atoms with Crippen LogP contribution in [0.1, 0.15) is 15.9 Å². The highest BCUT2D eigenvalue weighted by Crippen LogP contribution is 2.35. The number of carbonyl (C=O) groups is 2. The fourth-order valence-electron chi connectivity index (χ4n) is 3.09. The van der Waals surface area contributed by atoms with E-state index in [1.54, 1.807) is 30.3 Å². The Balaban J connectivity index is 1.78. The average Bonchev–Trinajstić information content (AvgIpc) is 2.61. The van der Waals surface area contributed by atoms with E-state index in [1.165, 1.54) is 0 Å². The van der Waals surface area contributed by atoms with Gasteiger partial charge in [-0.1, -0.05) is 60.7 Å². The number of ether oxygens (including phenoxy) is 1. The van der Waals surface area contributed by atoms with E-state index in [4.69, 9.17) is 4.74 Å². The van der Waals surface area contributed by atoms with E-state index in [1.807, 2.05) is 36.4 Å². The number of esters is 1. The lowest BCUT2D eigenvalue weighted by molar-refractivity contribution is -0.138. The first-order chi connectivity index (χ1) is 11.2. The van der Waals surface area contributed by atoms with Gasteiger partial charge in [-0.3, -0.25) is 9.59 Å². The fraction of sp³-hybridized carbons (Fsp3) is 0.100. The highest BCUT2D eigenvalue weighted by molar-refractivity contribution is 6.10. The Morgan fingerprint density at radius 1 is 0.913 bits per heavy atom. The molecule has 4 rings (SSSR count).